The third kappa shape index (κ3) is 3.28. The van der Waals surface area contributed by atoms with E-state index in [-0.39, 0.29) is 18.3 Å². The Morgan fingerprint density at radius 2 is 2.12 bits per heavy atom. The summed E-state index contributed by atoms with van der Waals surface area (Å²) >= 11 is 1.75. The van der Waals surface area contributed by atoms with Crippen LogP contribution in [0.3, 0.4) is 0 Å². The first kappa shape index (κ1) is 17.6. The molecule has 2 aromatic rings. The lowest BCUT2D eigenvalue weighted by Gasteiger charge is -2.34. The molecular formula is C17H22ClN3O2S. The van der Waals surface area contributed by atoms with Crippen LogP contribution in [0.1, 0.15) is 36.6 Å². The predicted octanol–water partition coefficient (Wildman–Crippen LogP) is 3.30. The Labute approximate surface area is 151 Å². The highest BCUT2D eigenvalue weighted by molar-refractivity contribution is 7.18. The summed E-state index contributed by atoms with van der Waals surface area (Å²) in [4.78, 5) is 17.4. The standard InChI is InChI=1S/C17H21N3O2S.ClH/c1-22-17(6-8-18-9-7-17)16(21)19-12-4-5-13-14(10-12)23-15(20-13)11-2-3-11;/h4-5,10-11,18H,2-3,6-9H2,1H3,(H,19,21);1H. The predicted molar refractivity (Wildman–Crippen MR) is 99.3 cm³/mol. The second kappa shape index (κ2) is 6.96. The van der Waals surface area contributed by atoms with E-state index in [0.29, 0.717) is 18.8 Å². The van der Waals surface area contributed by atoms with Crippen LogP contribution in [0.2, 0.25) is 0 Å². The molecule has 1 aliphatic carbocycles. The summed E-state index contributed by atoms with van der Waals surface area (Å²) in [5.74, 6) is 0.615. The maximum atomic E-state index is 12.7. The van der Waals surface area contributed by atoms with E-state index in [2.05, 4.69) is 15.6 Å². The molecule has 0 atom stereocenters. The number of nitrogens with zero attached hydrogens (tertiary/aromatic N) is 1. The minimum atomic E-state index is -0.715. The fourth-order valence-electron chi connectivity index (χ4n) is 3.12. The first-order chi connectivity index (χ1) is 11.2. The number of anilines is 1. The van der Waals surface area contributed by atoms with Crippen molar-refractivity contribution in [1.82, 2.24) is 10.3 Å². The number of halogens is 1. The molecule has 0 unspecified atom stereocenters. The average molecular weight is 368 g/mol. The van der Waals surface area contributed by atoms with Crippen molar-refractivity contribution in [3.8, 4) is 0 Å². The van der Waals surface area contributed by atoms with Crippen LogP contribution in [0, 0.1) is 0 Å². The second-order valence-corrected chi connectivity index (χ2v) is 7.47. The number of benzene rings is 1. The molecule has 7 heteroatoms. The van der Waals surface area contributed by atoms with Gasteiger partial charge in [-0.3, -0.25) is 4.79 Å². The van der Waals surface area contributed by atoms with Crippen LogP contribution in [0.4, 0.5) is 5.69 Å². The maximum absolute atomic E-state index is 12.7. The van der Waals surface area contributed by atoms with Crippen molar-refractivity contribution in [3.05, 3.63) is 23.2 Å². The van der Waals surface area contributed by atoms with Crippen molar-refractivity contribution in [1.29, 1.82) is 0 Å². The van der Waals surface area contributed by atoms with Gasteiger partial charge in [0.2, 0.25) is 0 Å². The van der Waals surface area contributed by atoms with E-state index in [9.17, 15) is 4.79 Å². The van der Waals surface area contributed by atoms with Crippen LogP contribution >= 0.6 is 23.7 Å². The lowest BCUT2D eigenvalue weighted by Crippen LogP contribution is -2.51. The summed E-state index contributed by atoms with van der Waals surface area (Å²) in [6.45, 7) is 1.61. The van der Waals surface area contributed by atoms with Gasteiger partial charge in [0.1, 0.15) is 5.60 Å². The number of amides is 1. The lowest BCUT2D eigenvalue weighted by molar-refractivity contribution is -0.140. The van der Waals surface area contributed by atoms with Gasteiger partial charge in [0.15, 0.2) is 0 Å². The number of aromatic nitrogens is 1. The molecule has 1 saturated carbocycles. The zero-order valence-corrected chi connectivity index (χ0v) is 15.3. The van der Waals surface area contributed by atoms with Crippen LogP contribution in [0.25, 0.3) is 10.2 Å². The number of carbonyl (C=O) groups is 1. The first-order valence-electron chi connectivity index (χ1n) is 8.18. The van der Waals surface area contributed by atoms with Gasteiger partial charge in [-0.2, -0.15) is 0 Å². The normalized spacial score (nSPS) is 19.7. The lowest BCUT2D eigenvalue weighted by atomic mass is 9.91. The highest BCUT2D eigenvalue weighted by atomic mass is 35.5. The maximum Gasteiger partial charge on any atom is 0.256 e. The van der Waals surface area contributed by atoms with Gasteiger partial charge >= 0.3 is 0 Å². The molecule has 130 valence electrons. The van der Waals surface area contributed by atoms with E-state index >= 15 is 0 Å². The van der Waals surface area contributed by atoms with Crippen molar-refractivity contribution in [2.24, 2.45) is 0 Å². The zero-order chi connectivity index (χ0) is 15.9. The van der Waals surface area contributed by atoms with E-state index in [1.54, 1.807) is 18.4 Å². The van der Waals surface area contributed by atoms with E-state index in [1.165, 1.54) is 17.8 Å². The Hall–Kier alpha value is -1.21. The zero-order valence-electron chi connectivity index (χ0n) is 13.6. The summed E-state index contributed by atoms with van der Waals surface area (Å²) < 4.78 is 6.72. The molecule has 0 bridgehead atoms. The number of methoxy groups -OCH3 is 1. The SMILES string of the molecule is COC1(C(=O)Nc2ccc3nc(C4CC4)sc3c2)CCNCC1.Cl. The van der Waals surface area contributed by atoms with Crippen molar-refractivity contribution >= 4 is 45.6 Å². The van der Waals surface area contributed by atoms with Crippen molar-refractivity contribution in [2.45, 2.75) is 37.2 Å². The van der Waals surface area contributed by atoms with Crippen molar-refractivity contribution < 1.29 is 9.53 Å². The molecule has 2 fully saturated rings. The smallest absolute Gasteiger partial charge is 0.256 e. The molecule has 1 saturated heterocycles. The monoisotopic (exact) mass is 367 g/mol. The Balaban J connectivity index is 0.00000169. The molecule has 0 radical (unpaired) electrons. The number of fused-ring (bicyclic) bond motifs is 1. The topological polar surface area (TPSA) is 63.2 Å². The molecule has 1 amide bonds. The Morgan fingerprint density at radius 3 is 2.79 bits per heavy atom. The van der Waals surface area contributed by atoms with E-state index in [0.717, 1.165) is 29.0 Å². The van der Waals surface area contributed by atoms with Crippen LogP contribution in [-0.4, -0.2) is 36.7 Å². The van der Waals surface area contributed by atoms with Crippen LogP contribution in [0.15, 0.2) is 18.2 Å². The molecule has 1 aromatic heterocycles. The third-order valence-corrected chi connectivity index (χ3v) is 5.99. The van der Waals surface area contributed by atoms with Crippen molar-refractivity contribution in [2.75, 3.05) is 25.5 Å². The fraction of sp³-hybridized carbons (Fsp3) is 0.529. The quantitative estimate of drug-likeness (QED) is 0.870. The van der Waals surface area contributed by atoms with Gasteiger partial charge in [0.05, 0.1) is 15.2 Å². The Bertz CT molecular complexity index is 739. The first-order valence-corrected chi connectivity index (χ1v) is 9.00. The van der Waals surface area contributed by atoms with Gasteiger partial charge in [0, 0.05) is 18.7 Å². The largest absolute Gasteiger partial charge is 0.368 e. The second-order valence-electron chi connectivity index (χ2n) is 6.41. The molecule has 2 N–H and O–H groups in total. The number of rotatable bonds is 4. The summed E-state index contributed by atoms with van der Waals surface area (Å²) in [6, 6.07) is 5.96. The summed E-state index contributed by atoms with van der Waals surface area (Å²) in [6.07, 6.45) is 3.91. The highest BCUT2D eigenvalue weighted by Gasteiger charge is 2.39. The number of nitrogens with one attached hydrogen (secondary N) is 2. The van der Waals surface area contributed by atoms with Gasteiger partial charge in [0.25, 0.3) is 5.91 Å². The molecule has 1 aliphatic heterocycles. The molecule has 4 rings (SSSR count). The van der Waals surface area contributed by atoms with Gasteiger partial charge in [-0.25, -0.2) is 4.98 Å². The number of ether oxygens (including phenoxy) is 1. The third-order valence-electron chi connectivity index (χ3n) is 4.81. The highest BCUT2D eigenvalue weighted by Crippen LogP contribution is 2.43. The summed E-state index contributed by atoms with van der Waals surface area (Å²) in [7, 11) is 1.62. The van der Waals surface area contributed by atoms with Crippen molar-refractivity contribution in [3.63, 3.8) is 0 Å². The van der Waals surface area contributed by atoms with Crippen LogP contribution in [-0.2, 0) is 9.53 Å². The number of hydrogen-bond donors (Lipinski definition) is 2. The van der Waals surface area contributed by atoms with Crippen LogP contribution < -0.4 is 10.6 Å². The molecule has 5 nitrogen and oxygen atoms in total. The average Bonchev–Trinajstić information content (AvgIpc) is 3.35. The molecule has 1 aromatic carbocycles. The molecular weight excluding hydrogens is 346 g/mol. The Morgan fingerprint density at radius 1 is 1.38 bits per heavy atom. The number of piperidine rings is 1. The van der Waals surface area contributed by atoms with E-state index in [1.807, 2.05) is 18.2 Å². The van der Waals surface area contributed by atoms with Gasteiger partial charge < -0.3 is 15.4 Å². The summed E-state index contributed by atoms with van der Waals surface area (Å²) in [5.41, 5.74) is 1.13. The molecule has 24 heavy (non-hydrogen) atoms. The number of hydrogen-bond acceptors (Lipinski definition) is 5. The number of carbonyl (C=O) groups excluding carboxylic acids is 1. The van der Waals surface area contributed by atoms with E-state index in [4.69, 9.17) is 4.74 Å². The Kier molecular flexibility index (Phi) is 5.11. The minimum Gasteiger partial charge on any atom is -0.368 e. The van der Waals surface area contributed by atoms with Gasteiger partial charge in [-0.05, 0) is 57.0 Å². The van der Waals surface area contributed by atoms with Gasteiger partial charge in [-0.15, -0.1) is 23.7 Å². The minimum absolute atomic E-state index is 0. The number of thiazole rings is 1. The van der Waals surface area contributed by atoms with E-state index < -0.39 is 5.60 Å². The van der Waals surface area contributed by atoms with Gasteiger partial charge in [-0.1, -0.05) is 0 Å². The molecule has 2 aliphatic rings. The fourth-order valence-corrected chi connectivity index (χ4v) is 4.30. The van der Waals surface area contributed by atoms with Crippen LogP contribution in [0.5, 0.6) is 0 Å². The molecule has 2 heterocycles. The summed E-state index contributed by atoms with van der Waals surface area (Å²) in [5, 5.41) is 7.54. The molecule has 0 spiro atoms.